The van der Waals surface area contributed by atoms with Gasteiger partial charge in [-0.3, -0.25) is 4.72 Å². The van der Waals surface area contributed by atoms with Gasteiger partial charge in [0, 0.05) is 0 Å². The first-order chi connectivity index (χ1) is 10.6. The number of hydrogen-bond donors (Lipinski definition) is 1. The lowest BCUT2D eigenvalue weighted by atomic mass is 10.1. The minimum Gasteiger partial charge on any atom is -0.279 e. The maximum atomic E-state index is 12.6. The average Bonchev–Trinajstić information content (AvgIpc) is 2.54. The van der Waals surface area contributed by atoms with Crippen LogP contribution in [0.1, 0.15) is 12.5 Å². The van der Waals surface area contributed by atoms with Gasteiger partial charge in [0.1, 0.15) is 0 Å². The fraction of sp³-hybridized carbons (Fsp3) is 0.111. The topological polar surface area (TPSA) is 46.2 Å². The highest BCUT2D eigenvalue weighted by molar-refractivity contribution is 7.92. The molecule has 0 fully saturated rings. The molecule has 0 spiro atoms. The molecule has 0 saturated carbocycles. The van der Waals surface area contributed by atoms with Crippen molar-refractivity contribution in [3.8, 4) is 0 Å². The SMILES string of the molecule is CCc1ccccc1NS(=O)(=O)c1ccc2ccccc2c1. The maximum absolute atomic E-state index is 12.6. The van der Waals surface area contributed by atoms with Gasteiger partial charge in [0.25, 0.3) is 10.0 Å². The van der Waals surface area contributed by atoms with Crippen molar-refractivity contribution in [1.29, 1.82) is 0 Å². The van der Waals surface area contributed by atoms with Gasteiger partial charge in [-0.15, -0.1) is 0 Å². The molecule has 3 rings (SSSR count). The van der Waals surface area contributed by atoms with Crippen LogP contribution in [0.4, 0.5) is 5.69 Å². The summed E-state index contributed by atoms with van der Waals surface area (Å²) in [4.78, 5) is 0.275. The van der Waals surface area contributed by atoms with Crippen LogP contribution < -0.4 is 4.72 Å². The van der Waals surface area contributed by atoms with Crippen LogP contribution in [0.25, 0.3) is 10.8 Å². The van der Waals surface area contributed by atoms with E-state index >= 15 is 0 Å². The lowest BCUT2D eigenvalue weighted by Crippen LogP contribution is -2.14. The number of sulfonamides is 1. The Morgan fingerprint density at radius 1 is 0.864 bits per heavy atom. The number of fused-ring (bicyclic) bond motifs is 1. The van der Waals surface area contributed by atoms with E-state index < -0.39 is 10.0 Å². The van der Waals surface area contributed by atoms with Gasteiger partial charge in [-0.25, -0.2) is 8.42 Å². The monoisotopic (exact) mass is 311 g/mol. The third kappa shape index (κ3) is 2.83. The van der Waals surface area contributed by atoms with Crippen molar-refractivity contribution in [2.45, 2.75) is 18.2 Å². The predicted molar refractivity (Wildman–Crippen MR) is 90.6 cm³/mol. The minimum absolute atomic E-state index is 0.275. The number of aryl methyl sites for hydroxylation is 1. The average molecular weight is 311 g/mol. The molecule has 0 radical (unpaired) electrons. The molecule has 3 aromatic carbocycles. The van der Waals surface area contributed by atoms with Gasteiger partial charge in [-0.05, 0) is 41.0 Å². The number of benzene rings is 3. The number of nitrogens with one attached hydrogen (secondary N) is 1. The molecule has 0 atom stereocenters. The second kappa shape index (κ2) is 5.81. The van der Waals surface area contributed by atoms with E-state index in [1.807, 2.05) is 55.5 Å². The number of para-hydroxylation sites is 1. The molecule has 1 N–H and O–H groups in total. The Morgan fingerprint density at radius 2 is 1.55 bits per heavy atom. The summed E-state index contributed by atoms with van der Waals surface area (Å²) < 4.78 is 27.9. The van der Waals surface area contributed by atoms with Gasteiger partial charge in [0.05, 0.1) is 10.6 Å². The second-order valence-electron chi connectivity index (χ2n) is 5.13. The van der Waals surface area contributed by atoms with Crippen molar-refractivity contribution in [1.82, 2.24) is 0 Å². The maximum Gasteiger partial charge on any atom is 0.261 e. The summed E-state index contributed by atoms with van der Waals surface area (Å²) in [7, 11) is -3.59. The lowest BCUT2D eigenvalue weighted by Gasteiger charge is -2.12. The number of hydrogen-bond acceptors (Lipinski definition) is 2. The first-order valence-corrected chi connectivity index (χ1v) is 8.68. The molecule has 0 aromatic heterocycles. The van der Waals surface area contributed by atoms with E-state index in [0.717, 1.165) is 22.8 Å². The molecule has 4 heteroatoms. The highest BCUT2D eigenvalue weighted by Gasteiger charge is 2.15. The molecule has 0 unspecified atom stereocenters. The Bertz CT molecular complexity index is 917. The van der Waals surface area contributed by atoms with Crippen molar-refractivity contribution in [2.24, 2.45) is 0 Å². The second-order valence-corrected chi connectivity index (χ2v) is 6.81. The van der Waals surface area contributed by atoms with Gasteiger partial charge >= 0.3 is 0 Å². The van der Waals surface area contributed by atoms with Crippen LogP contribution in [-0.2, 0) is 16.4 Å². The van der Waals surface area contributed by atoms with Gasteiger partial charge < -0.3 is 0 Å². The summed E-state index contributed by atoms with van der Waals surface area (Å²) in [5.41, 5.74) is 1.62. The summed E-state index contributed by atoms with van der Waals surface area (Å²) in [6, 6.07) is 20.3. The first-order valence-electron chi connectivity index (χ1n) is 7.19. The zero-order chi connectivity index (χ0) is 15.6. The van der Waals surface area contributed by atoms with E-state index in [-0.39, 0.29) is 4.90 Å². The third-order valence-electron chi connectivity index (χ3n) is 3.67. The number of rotatable bonds is 4. The van der Waals surface area contributed by atoms with Crippen molar-refractivity contribution in [3.05, 3.63) is 72.3 Å². The summed E-state index contributed by atoms with van der Waals surface area (Å²) in [6.45, 7) is 2.00. The fourth-order valence-electron chi connectivity index (χ4n) is 2.47. The summed E-state index contributed by atoms with van der Waals surface area (Å²) in [5.74, 6) is 0. The van der Waals surface area contributed by atoms with Crippen molar-refractivity contribution >= 4 is 26.5 Å². The highest BCUT2D eigenvalue weighted by Crippen LogP contribution is 2.23. The Balaban J connectivity index is 2.01. The molecule has 0 bridgehead atoms. The van der Waals surface area contributed by atoms with Gasteiger partial charge in [0.15, 0.2) is 0 Å². The van der Waals surface area contributed by atoms with E-state index in [1.54, 1.807) is 18.2 Å². The molecule has 112 valence electrons. The third-order valence-corrected chi connectivity index (χ3v) is 5.04. The van der Waals surface area contributed by atoms with Gasteiger partial charge in [-0.2, -0.15) is 0 Å². The van der Waals surface area contributed by atoms with Crippen LogP contribution in [0, 0.1) is 0 Å². The molecule has 0 aliphatic rings. The highest BCUT2D eigenvalue weighted by atomic mass is 32.2. The number of anilines is 1. The van der Waals surface area contributed by atoms with Crippen LogP contribution in [0.2, 0.25) is 0 Å². The summed E-state index contributed by atoms with van der Waals surface area (Å²) >= 11 is 0. The largest absolute Gasteiger partial charge is 0.279 e. The van der Waals surface area contributed by atoms with Crippen LogP contribution in [-0.4, -0.2) is 8.42 Å². The molecular weight excluding hydrogens is 294 g/mol. The van der Waals surface area contributed by atoms with Crippen LogP contribution in [0.5, 0.6) is 0 Å². The van der Waals surface area contributed by atoms with E-state index in [4.69, 9.17) is 0 Å². The first kappa shape index (κ1) is 14.6. The van der Waals surface area contributed by atoms with Gasteiger partial charge in [0.2, 0.25) is 0 Å². The van der Waals surface area contributed by atoms with Crippen molar-refractivity contribution in [3.63, 3.8) is 0 Å². The molecule has 3 nitrogen and oxygen atoms in total. The zero-order valence-electron chi connectivity index (χ0n) is 12.3. The summed E-state index contributed by atoms with van der Waals surface area (Å²) in [5, 5.41) is 1.93. The molecule has 22 heavy (non-hydrogen) atoms. The van der Waals surface area contributed by atoms with Crippen LogP contribution in [0.15, 0.2) is 71.6 Å². The molecule has 3 aromatic rings. The van der Waals surface area contributed by atoms with E-state index in [1.165, 1.54) is 0 Å². The smallest absolute Gasteiger partial charge is 0.261 e. The lowest BCUT2D eigenvalue weighted by molar-refractivity contribution is 0.601. The Hall–Kier alpha value is -2.33. The molecule has 0 saturated heterocycles. The van der Waals surface area contributed by atoms with E-state index in [0.29, 0.717) is 5.69 Å². The zero-order valence-corrected chi connectivity index (χ0v) is 13.1. The quantitative estimate of drug-likeness (QED) is 0.785. The van der Waals surface area contributed by atoms with E-state index in [9.17, 15) is 8.42 Å². The van der Waals surface area contributed by atoms with E-state index in [2.05, 4.69) is 4.72 Å². The Morgan fingerprint density at radius 3 is 2.32 bits per heavy atom. The standard InChI is InChI=1S/C18H17NO2S/c1-2-14-7-5-6-10-18(14)19-22(20,21)17-12-11-15-8-3-4-9-16(15)13-17/h3-13,19H,2H2,1H3. The normalized spacial score (nSPS) is 11.5. The fourth-order valence-corrected chi connectivity index (χ4v) is 3.60. The van der Waals surface area contributed by atoms with Gasteiger partial charge in [-0.1, -0.05) is 55.5 Å². The van der Waals surface area contributed by atoms with Crippen LogP contribution >= 0.6 is 0 Å². The van der Waals surface area contributed by atoms with Crippen molar-refractivity contribution in [2.75, 3.05) is 4.72 Å². The Kier molecular flexibility index (Phi) is 3.86. The molecular formula is C18H17NO2S. The molecule has 0 amide bonds. The van der Waals surface area contributed by atoms with Crippen LogP contribution in [0.3, 0.4) is 0 Å². The van der Waals surface area contributed by atoms with Crippen molar-refractivity contribution < 1.29 is 8.42 Å². The summed E-state index contributed by atoms with van der Waals surface area (Å²) in [6.07, 6.45) is 0.774. The molecule has 0 heterocycles. The predicted octanol–water partition coefficient (Wildman–Crippen LogP) is 4.20. The minimum atomic E-state index is -3.59. The molecule has 0 aliphatic carbocycles. The Labute approximate surface area is 130 Å². The molecule has 0 aliphatic heterocycles.